The summed E-state index contributed by atoms with van der Waals surface area (Å²) >= 11 is 5.97. The minimum absolute atomic E-state index is 0.0834. The number of nitrogens with zero attached hydrogens (tertiary/aromatic N) is 2. The van der Waals surface area contributed by atoms with Gasteiger partial charge in [-0.15, -0.1) is 0 Å². The number of nitrogens with one attached hydrogen (secondary N) is 1. The predicted molar refractivity (Wildman–Crippen MR) is 97.6 cm³/mol. The molecule has 0 unspecified atom stereocenters. The Hall–Kier alpha value is -2.66. The van der Waals surface area contributed by atoms with Crippen molar-refractivity contribution in [3.63, 3.8) is 0 Å². The number of carbonyl (C=O) groups excluding carboxylic acids is 1. The van der Waals surface area contributed by atoms with Crippen molar-refractivity contribution < 1.29 is 9.32 Å². The lowest BCUT2D eigenvalue weighted by Gasteiger charge is -2.10. The fourth-order valence-electron chi connectivity index (χ4n) is 2.54. The van der Waals surface area contributed by atoms with Crippen LogP contribution >= 0.6 is 11.6 Å². The highest BCUT2D eigenvalue weighted by molar-refractivity contribution is 6.30. The predicted octanol–water partition coefficient (Wildman–Crippen LogP) is 4.58. The molecule has 0 aliphatic heterocycles. The smallest absolute Gasteiger partial charge is 0.227 e. The van der Waals surface area contributed by atoms with Gasteiger partial charge in [-0.3, -0.25) is 4.79 Å². The average Bonchev–Trinajstić information content (AvgIpc) is 3.06. The number of halogens is 1. The fraction of sp³-hybridized carbons (Fsp3) is 0.211. The van der Waals surface area contributed by atoms with Crippen molar-refractivity contribution in [3.05, 3.63) is 64.5 Å². The Morgan fingerprint density at radius 2 is 1.88 bits per heavy atom. The first-order chi connectivity index (χ1) is 12.0. The van der Waals surface area contributed by atoms with Crippen LogP contribution < -0.4 is 5.32 Å². The van der Waals surface area contributed by atoms with E-state index in [0.29, 0.717) is 23.2 Å². The topological polar surface area (TPSA) is 68.0 Å². The van der Waals surface area contributed by atoms with Crippen molar-refractivity contribution in [3.8, 4) is 11.4 Å². The van der Waals surface area contributed by atoms with Gasteiger partial charge in [-0.25, -0.2) is 0 Å². The number of hydrogen-bond acceptors (Lipinski definition) is 4. The molecule has 1 N–H and O–H groups in total. The van der Waals surface area contributed by atoms with Gasteiger partial charge in [0.15, 0.2) is 0 Å². The van der Waals surface area contributed by atoms with Crippen molar-refractivity contribution in [2.24, 2.45) is 0 Å². The third-order valence-electron chi connectivity index (χ3n) is 3.86. The molecule has 1 heterocycles. The third kappa shape index (κ3) is 4.25. The van der Waals surface area contributed by atoms with Crippen LogP contribution in [0.3, 0.4) is 0 Å². The van der Waals surface area contributed by atoms with Crippen molar-refractivity contribution in [1.29, 1.82) is 0 Å². The second-order valence-corrected chi connectivity index (χ2v) is 6.27. The van der Waals surface area contributed by atoms with Crippen molar-refractivity contribution in [1.82, 2.24) is 10.1 Å². The Morgan fingerprint density at radius 3 is 2.60 bits per heavy atom. The zero-order valence-electron chi connectivity index (χ0n) is 14.0. The molecule has 2 aromatic carbocycles. The van der Waals surface area contributed by atoms with Gasteiger partial charge in [-0.1, -0.05) is 47.1 Å². The molecule has 25 heavy (non-hydrogen) atoms. The molecule has 0 saturated heterocycles. The summed E-state index contributed by atoms with van der Waals surface area (Å²) in [6.07, 6.45) is 0.648. The summed E-state index contributed by atoms with van der Waals surface area (Å²) in [5, 5.41) is 7.50. The molecule has 0 fully saturated rings. The molecule has 5 nitrogen and oxygen atoms in total. The van der Waals surface area contributed by atoms with Gasteiger partial charge in [0.25, 0.3) is 0 Å². The van der Waals surface area contributed by atoms with Crippen LogP contribution in [0.15, 0.2) is 47.0 Å². The second kappa shape index (κ2) is 7.49. The van der Waals surface area contributed by atoms with E-state index < -0.39 is 0 Å². The van der Waals surface area contributed by atoms with Crippen LogP contribution in [0.25, 0.3) is 11.4 Å². The number of benzene rings is 2. The molecule has 1 amide bonds. The normalized spacial score (nSPS) is 10.7. The number of para-hydroxylation sites is 1. The first kappa shape index (κ1) is 17.2. The van der Waals surface area contributed by atoms with Gasteiger partial charge in [0.2, 0.25) is 17.6 Å². The molecule has 0 saturated carbocycles. The van der Waals surface area contributed by atoms with E-state index in [2.05, 4.69) is 15.5 Å². The zero-order chi connectivity index (χ0) is 17.8. The van der Waals surface area contributed by atoms with E-state index in [1.807, 2.05) is 44.2 Å². The Labute approximate surface area is 151 Å². The Bertz CT molecular complexity index is 885. The number of anilines is 1. The summed E-state index contributed by atoms with van der Waals surface area (Å²) in [6, 6.07) is 13.1. The largest absolute Gasteiger partial charge is 0.339 e. The van der Waals surface area contributed by atoms with E-state index in [-0.39, 0.29) is 12.3 Å². The summed E-state index contributed by atoms with van der Waals surface area (Å²) in [7, 11) is 0. The molecule has 0 spiro atoms. The summed E-state index contributed by atoms with van der Waals surface area (Å²) in [5.41, 5.74) is 3.71. The van der Waals surface area contributed by atoms with Gasteiger partial charge in [-0.05, 0) is 37.1 Å². The lowest BCUT2D eigenvalue weighted by atomic mass is 10.1. The molecule has 0 aliphatic carbocycles. The number of hydrogen-bond donors (Lipinski definition) is 1. The van der Waals surface area contributed by atoms with Crippen LogP contribution in [0.2, 0.25) is 5.02 Å². The van der Waals surface area contributed by atoms with Gasteiger partial charge in [-0.2, -0.15) is 4.98 Å². The molecule has 6 heteroatoms. The maximum absolute atomic E-state index is 12.2. The lowest BCUT2D eigenvalue weighted by Crippen LogP contribution is -2.14. The first-order valence-electron chi connectivity index (χ1n) is 7.97. The van der Waals surface area contributed by atoms with E-state index in [0.717, 1.165) is 22.4 Å². The van der Waals surface area contributed by atoms with E-state index >= 15 is 0 Å². The molecule has 0 aliphatic rings. The molecule has 0 radical (unpaired) electrons. The number of aryl methyl sites for hydroxylation is 3. The number of amides is 1. The monoisotopic (exact) mass is 355 g/mol. The molecule has 0 atom stereocenters. The van der Waals surface area contributed by atoms with Crippen LogP contribution in [-0.2, 0) is 11.2 Å². The van der Waals surface area contributed by atoms with Gasteiger partial charge < -0.3 is 9.84 Å². The Morgan fingerprint density at radius 1 is 1.16 bits per heavy atom. The standard InChI is InChI=1S/C19H18ClN3O2/c1-12-5-3-6-13(2)18(12)21-16(24)9-10-17-22-19(23-25-17)14-7-4-8-15(20)11-14/h3-8,11H,9-10H2,1-2H3,(H,21,24). The van der Waals surface area contributed by atoms with Crippen molar-refractivity contribution in [2.45, 2.75) is 26.7 Å². The number of aromatic nitrogens is 2. The maximum atomic E-state index is 12.2. The number of rotatable bonds is 5. The van der Waals surface area contributed by atoms with Crippen LogP contribution in [0.5, 0.6) is 0 Å². The van der Waals surface area contributed by atoms with Gasteiger partial charge in [0, 0.05) is 29.1 Å². The summed E-state index contributed by atoms with van der Waals surface area (Å²) in [5.74, 6) is 0.805. The zero-order valence-corrected chi connectivity index (χ0v) is 14.8. The molecule has 3 aromatic rings. The average molecular weight is 356 g/mol. The van der Waals surface area contributed by atoms with Gasteiger partial charge in [0.05, 0.1) is 0 Å². The third-order valence-corrected chi connectivity index (χ3v) is 4.10. The highest BCUT2D eigenvalue weighted by Crippen LogP contribution is 2.21. The minimum atomic E-state index is -0.0834. The van der Waals surface area contributed by atoms with Crippen LogP contribution in [0, 0.1) is 13.8 Å². The Kier molecular flexibility index (Phi) is 5.14. The molecule has 0 bridgehead atoms. The molecule has 1 aromatic heterocycles. The summed E-state index contributed by atoms with van der Waals surface area (Å²) in [6.45, 7) is 3.94. The van der Waals surface area contributed by atoms with E-state index in [9.17, 15) is 4.79 Å². The lowest BCUT2D eigenvalue weighted by molar-refractivity contribution is -0.116. The van der Waals surface area contributed by atoms with Gasteiger partial charge in [0.1, 0.15) is 0 Å². The Balaban J connectivity index is 1.61. The number of carbonyl (C=O) groups is 1. The molecular formula is C19H18ClN3O2. The molecule has 128 valence electrons. The van der Waals surface area contributed by atoms with E-state index in [4.69, 9.17) is 16.1 Å². The van der Waals surface area contributed by atoms with Crippen molar-refractivity contribution in [2.75, 3.05) is 5.32 Å². The highest BCUT2D eigenvalue weighted by atomic mass is 35.5. The van der Waals surface area contributed by atoms with Gasteiger partial charge >= 0.3 is 0 Å². The fourth-order valence-corrected chi connectivity index (χ4v) is 2.73. The maximum Gasteiger partial charge on any atom is 0.227 e. The van der Waals surface area contributed by atoms with Crippen LogP contribution in [0.1, 0.15) is 23.4 Å². The summed E-state index contributed by atoms with van der Waals surface area (Å²) < 4.78 is 5.22. The SMILES string of the molecule is Cc1cccc(C)c1NC(=O)CCc1nc(-c2cccc(Cl)c2)no1. The highest BCUT2D eigenvalue weighted by Gasteiger charge is 2.12. The molecule has 3 rings (SSSR count). The first-order valence-corrected chi connectivity index (χ1v) is 8.35. The van der Waals surface area contributed by atoms with Crippen molar-refractivity contribution >= 4 is 23.2 Å². The second-order valence-electron chi connectivity index (χ2n) is 5.84. The quantitative estimate of drug-likeness (QED) is 0.727. The van der Waals surface area contributed by atoms with E-state index in [1.165, 1.54) is 0 Å². The minimum Gasteiger partial charge on any atom is -0.339 e. The molecular weight excluding hydrogens is 338 g/mol. The van der Waals surface area contributed by atoms with Crippen LogP contribution in [-0.4, -0.2) is 16.0 Å². The van der Waals surface area contributed by atoms with Crippen LogP contribution in [0.4, 0.5) is 5.69 Å². The van der Waals surface area contributed by atoms with E-state index in [1.54, 1.807) is 12.1 Å². The summed E-state index contributed by atoms with van der Waals surface area (Å²) in [4.78, 5) is 16.5.